The molecule has 20 heavy (non-hydrogen) atoms. The van der Waals surface area contributed by atoms with Crippen LogP contribution in [0.3, 0.4) is 0 Å². The van der Waals surface area contributed by atoms with Crippen molar-refractivity contribution in [3.63, 3.8) is 0 Å². The van der Waals surface area contributed by atoms with E-state index in [1.165, 1.54) is 0 Å². The molecule has 0 N–H and O–H groups in total. The van der Waals surface area contributed by atoms with Crippen LogP contribution in [0.5, 0.6) is 5.75 Å². The Morgan fingerprint density at radius 3 is 3.00 bits per heavy atom. The first-order valence-corrected chi connectivity index (χ1v) is 6.65. The SMILES string of the molecule is CCOC(=O)N1CCc2nc3ccc(OC)cc3cc21. The predicted octanol–water partition coefficient (Wildman–Crippen LogP) is 2.76. The lowest BCUT2D eigenvalue weighted by molar-refractivity contribution is 0.160. The van der Waals surface area contributed by atoms with Gasteiger partial charge in [-0.05, 0) is 31.2 Å². The number of rotatable bonds is 2. The summed E-state index contributed by atoms with van der Waals surface area (Å²) in [6.45, 7) is 2.80. The highest BCUT2D eigenvalue weighted by Gasteiger charge is 2.27. The number of ether oxygens (including phenoxy) is 2. The van der Waals surface area contributed by atoms with Crippen LogP contribution in [0.15, 0.2) is 24.3 Å². The van der Waals surface area contributed by atoms with Crippen molar-refractivity contribution in [2.75, 3.05) is 25.2 Å². The molecule has 0 unspecified atom stereocenters. The van der Waals surface area contributed by atoms with E-state index in [4.69, 9.17) is 9.47 Å². The second-order valence-corrected chi connectivity index (χ2v) is 4.61. The van der Waals surface area contributed by atoms with Gasteiger partial charge < -0.3 is 9.47 Å². The minimum absolute atomic E-state index is 0.310. The van der Waals surface area contributed by atoms with Crippen molar-refractivity contribution in [1.29, 1.82) is 0 Å². The van der Waals surface area contributed by atoms with E-state index < -0.39 is 0 Å². The third-order valence-corrected chi connectivity index (χ3v) is 3.43. The molecule has 0 aliphatic carbocycles. The first-order chi connectivity index (χ1) is 9.72. The van der Waals surface area contributed by atoms with Crippen molar-refractivity contribution < 1.29 is 14.3 Å². The van der Waals surface area contributed by atoms with E-state index in [0.29, 0.717) is 13.2 Å². The van der Waals surface area contributed by atoms with E-state index in [-0.39, 0.29) is 6.09 Å². The number of hydrogen-bond donors (Lipinski definition) is 0. The van der Waals surface area contributed by atoms with Crippen molar-refractivity contribution in [2.24, 2.45) is 0 Å². The fourth-order valence-electron chi connectivity index (χ4n) is 2.46. The molecule has 5 nitrogen and oxygen atoms in total. The summed E-state index contributed by atoms with van der Waals surface area (Å²) in [4.78, 5) is 18.2. The van der Waals surface area contributed by atoms with Crippen LogP contribution >= 0.6 is 0 Å². The van der Waals surface area contributed by atoms with Gasteiger partial charge in [-0.2, -0.15) is 0 Å². The number of hydrogen-bond acceptors (Lipinski definition) is 4. The molecule has 0 saturated heterocycles. The van der Waals surface area contributed by atoms with Gasteiger partial charge in [0.1, 0.15) is 5.75 Å². The summed E-state index contributed by atoms with van der Waals surface area (Å²) in [5, 5.41) is 0.958. The van der Waals surface area contributed by atoms with Crippen LogP contribution in [0.25, 0.3) is 10.9 Å². The number of aromatic nitrogens is 1. The second kappa shape index (κ2) is 5.00. The van der Waals surface area contributed by atoms with Gasteiger partial charge in [0.2, 0.25) is 0 Å². The number of fused-ring (bicyclic) bond motifs is 2. The molecule has 5 heteroatoms. The predicted molar refractivity (Wildman–Crippen MR) is 76.4 cm³/mol. The van der Waals surface area contributed by atoms with Gasteiger partial charge >= 0.3 is 6.09 Å². The van der Waals surface area contributed by atoms with Crippen LogP contribution in [0.4, 0.5) is 10.5 Å². The Morgan fingerprint density at radius 1 is 1.40 bits per heavy atom. The van der Waals surface area contributed by atoms with Gasteiger partial charge in [-0.3, -0.25) is 9.88 Å². The van der Waals surface area contributed by atoms with Crippen LogP contribution in [0, 0.1) is 0 Å². The Kier molecular flexibility index (Phi) is 3.18. The molecule has 0 fully saturated rings. The highest BCUT2D eigenvalue weighted by atomic mass is 16.6. The highest BCUT2D eigenvalue weighted by molar-refractivity contribution is 5.94. The van der Waals surface area contributed by atoms with Crippen molar-refractivity contribution >= 4 is 22.7 Å². The number of amides is 1. The monoisotopic (exact) mass is 272 g/mol. The minimum Gasteiger partial charge on any atom is -0.497 e. The summed E-state index contributed by atoms with van der Waals surface area (Å²) < 4.78 is 10.3. The molecule has 3 rings (SSSR count). The molecule has 1 aromatic carbocycles. The average Bonchev–Trinajstić information content (AvgIpc) is 2.87. The summed E-state index contributed by atoms with van der Waals surface area (Å²) in [6.07, 6.45) is 0.450. The molecule has 2 heterocycles. The molecule has 1 aromatic heterocycles. The molecule has 104 valence electrons. The van der Waals surface area contributed by atoms with Gasteiger partial charge in [0, 0.05) is 18.4 Å². The molecule has 2 aromatic rings. The molecule has 1 amide bonds. The zero-order chi connectivity index (χ0) is 14.1. The smallest absolute Gasteiger partial charge is 0.414 e. The number of benzene rings is 1. The van der Waals surface area contributed by atoms with Gasteiger partial charge in [-0.25, -0.2) is 4.79 Å². The number of pyridine rings is 1. The maximum absolute atomic E-state index is 11.9. The van der Waals surface area contributed by atoms with Crippen molar-refractivity contribution in [2.45, 2.75) is 13.3 Å². The quantitative estimate of drug-likeness (QED) is 0.843. The molecular weight excluding hydrogens is 256 g/mol. The van der Waals surface area contributed by atoms with E-state index in [1.54, 1.807) is 18.9 Å². The highest BCUT2D eigenvalue weighted by Crippen LogP contribution is 2.31. The number of carbonyl (C=O) groups is 1. The number of nitrogens with zero attached hydrogens (tertiary/aromatic N) is 2. The zero-order valence-corrected chi connectivity index (χ0v) is 11.5. The van der Waals surface area contributed by atoms with E-state index >= 15 is 0 Å². The lowest BCUT2D eigenvalue weighted by atomic mass is 10.1. The Hall–Kier alpha value is -2.30. The zero-order valence-electron chi connectivity index (χ0n) is 11.5. The van der Waals surface area contributed by atoms with E-state index in [0.717, 1.165) is 34.5 Å². The first-order valence-electron chi connectivity index (χ1n) is 6.65. The third kappa shape index (κ3) is 2.05. The summed E-state index contributed by atoms with van der Waals surface area (Å²) >= 11 is 0. The molecule has 0 atom stereocenters. The number of methoxy groups -OCH3 is 1. The molecule has 1 aliphatic heterocycles. The fraction of sp³-hybridized carbons (Fsp3) is 0.333. The molecule has 0 bridgehead atoms. The average molecular weight is 272 g/mol. The molecule has 1 aliphatic rings. The lowest BCUT2D eigenvalue weighted by Crippen LogP contribution is -2.29. The largest absolute Gasteiger partial charge is 0.497 e. The lowest BCUT2D eigenvalue weighted by Gasteiger charge is -2.16. The van der Waals surface area contributed by atoms with Gasteiger partial charge in [-0.1, -0.05) is 0 Å². The van der Waals surface area contributed by atoms with Crippen LogP contribution in [0.1, 0.15) is 12.6 Å². The summed E-state index contributed by atoms with van der Waals surface area (Å²) in [5.41, 5.74) is 2.69. The van der Waals surface area contributed by atoms with Crippen LogP contribution in [-0.4, -0.2) is 31.3 Å². The Balaban J connectivity index is 2.05. The van der Waals surface area contributed by atoms with Gasteiger partial charge in [0.05, 0.1) is 30.6 Å². The van der Waals surface area contributed by atoms with Crippen molar-refractivity contribution in [1.82, 2.24) is 4.98 Å². The van der Waals surface area contributed by atoms with Crippen LogP contribution in [-0.2, 0) is 11.2 Å². The molecule has 0 saturated carbocycles. The summed E-state index contributed by atoms with van der Waals surface area (Å²) in [6, 6.07) is 7.72. The Morgan fingerprint density at radius 2 is 2.25 bits per heavy atom. The standard InChI is InChI=1S/C15H16N2O3/c1-3-20-15(18)17-7-6-13-14(17)9-10-8-11(19-2)4-5-12(10)16-13/h4-5,8-9H,3,6-7H2,1-2H3. The molecule has 0 spiro atoms. The summed E-state index contributed by atoms with van der Waals surface area (Å²) in [5.74, 6) is 0.778. The second-order valence-electron chi connectivity index (χ2n) is 4.61. The van der Waals surface area contributed by atoms with Gasteiger partial charge in [-0.15, -0.1) is 0 Å². The van der Waals surface area contributed by atoms with E-state index in [2.05, 4.69) is 4.98 Å². The van der Waals surface area contributed by atoms with E-state index in [1.807, 2.05) is 24.3 Å². The van der Waals surface area contributed by atoms with Crippen molar-refractivity contribution in [3.05, 3.63) is 30.0 Å². The fourth-order valence-corrected chi connectivity index (χ4v) is 2.46. The van der Waals surface area contributed by atoms with Crippen molar-refractivity contribution in [3.8, 4) is 5.75 Å². The maximum atomic E-state index is 11.9. The van der Waals surface area contributed by atoms with Gasteiger partial charge in [0.15, 0.2) is 0 Å². The number of anilines is 1. The normalized spacial score (nSPS) is 13.4. The molecular formula is C15H16N2O3. The third-order valence-electron chi connectivity index (χ3n) is 3.43. The Labute approximate surface area is 117 Å². The van der Waals surface area contributed by atoms with Crippen LogP contribution in [0.2, 0.25) is 0 Å². The maximum Gasteiger partial charge on any atom is 0.414 e. The van der Waals surface area contributed by atoms with Gasteiger partial charge in [0.25, 0.3) is 0 Å². The number of carbonyl (C=O) groups excluding carboxylic acids is 1. The summed E-state index contributed by atoms with van der Waals surface area (Å²) in [7, 11) is 1.63. The first kappa shape index (κ1) is 12.7. The molecule has 0 radical (unpaired) electrons. The van der Waals surface area contributed by atoms with Crippen LogP contribution < -0.4 is 9.64 Å². The Bertz CT molecular complexity index is 669. The van der Waals surface area contributed by atoms with E-state index in [9.17, 15) is 4.79 Å². The topological polar surface area (TPSA) is 51.7 Å². The minimum atomic E-state index is -0.310.